The zero-order valence-corrected chi connectivity index (χ0v) is 11.6. The summed E-state index contributed by atoms with van der Waals surface area (Å²) in [6.45, 7) is 1.80. The molecule has 0 amide bonds. The molecule has 4 nitrogen and oxygen atoms in total. The van der Waals surface area contributed by atoms with Crippen molar-refractivity contribution in [2.24, 2.45) is 10.7 Å². The van der Waals surface area contributed by atoms with E-state index < -0.39 is 12.0 Å². The van der Waals surface area contributed by atoms with Crippen molar-refractivity contribution in [2.45, 2.75) is 19.2 Å². The highest BCUT2D eigenvalue weighted by molar-refractivity contribution is 6.04. The Balaban J connectivity index is 2.16. The topological polar surface area (TPSA) is 61.9 Å². The van der Waals surface area contributed by atoms with E-state index in [1.807, 2.05) is 30.3 Å². The molecule has 0 bridgehead atoms. The number of para-hydroxylation sites is 1. The van der Waals surface area contributed by atoms with E-state index in [1.54, 1.807) is 17.9 Å². The summed E-state index contributed by atoms with van der Waals surface area (Å²) in [4.78, 5) is 6.12. The first-order valence-electron chi connectivity index (χ1n) is 6.74. The number of amidine groups is 1. The highest BCUT2D eigenvalue weighted by Gasteiger charge is 2.31. The van der Waals surface area contributed by atoms with Gasteiger partial charge in [-0.2, -0.15) is 0 Å². The predicted molar refractivity (Wildman–Crippen MR) is 81.0 cm³/mol. The van der Waals surface area contributed by atoms with Crippen LogP contribution in [0.15, 0.2) is 53.5 Å². The third-order valence-corrected chi connectivity index (χ3v) is 3.44. The van der Waals surface area contributed by atoms with Crippen molar-refractivity contribution in [3.63, 3.8) is 0 Å². The number of halogens is 1. The van der Waals surface area contributed by atoms with Crippen molar-refractivity contribution < 1.29 is 9.50 Å². The first kappa shape index (κ1) is 13.7. The highest BCUT2D eigenvalue weighted by atomic mass is 19.1. The minimum absolute atomic E-state index is 0.363. The molecule has 2 aromatic carbocycles. The number of anilines is 1. The van der Waals surface area contributed by atoms with Crippen LogP contribution in [0.25, 0.3) is 0 Å². The fourth-order valence-corrected chi connectivity index (χ4v) is 2.46. The van der Waals surface area contributed by atoms with Crippen molar-refractivity contribution in [1.82, 2.24) is 0 Å². The van der Waals surface area contributed by atoms with Gasteiger partial charge in [0.25, 0.3) is 0 Å². The van der Waals surface area contributed by atoms with Gasteiger partial charge in [0, 0.05) is 11.3 Å². The molecule has 1 unspecified atom stereocenters. The first-order chi connectivity index (χ1) is 10.1. The van der Waals surface area contributed by atoms with Crippen LogP contribution >= 0.6 is 0 Å². The van der Waals surface area contributed by atoms with E-state index in [4.69, 9.17) is 5.73 Å². The molecule has 1 aliphatic rings. The second kappa shape index (κ2) is 5.27. The summed E-state index contributed by atoms with van der Waals surface area (Å²) in [5.74, 6) is 0.146. The van der Waals surface area contributed by atoms with Gasteiger partial charge in [-0.1, -0.05) is 18.2 Å². The predicted octanol–water partition coefficient (Wildman–Crippen LogP) is 2.71. The second-order valence-electron chi connectivity index (χ2n) is 5.04. The summed E-state index contributed by atoms with van der Waals surface area (Å²) < 4.78 is 13.5. The molecular formula is C16H16FN3O. The molecule has 0 saturated heterocycles. The van der Waals surface area contributed by atoms with E-state index in [0.717, 1.165) is 5.69 Å². The Labute approximate surface area is 122 Å². The van der Waals surface area contributed by atoms with Gasteiger partial charge < -0.3 is 10.8 Å². The quantitative estimate of drug-likeness (QED) is 0.891. The van der Waals surface area contributed by atoms with Gasteiger partial charge in [-0.25, -0.2) is 9.38 Å². The average Bonchev–Trinajstić information content (AvgIpc) is 2.48. The maximum atomic E-state index is 13.5. The molecular weight excluding hydrogens is 269 g/mol. The minimum atomic E-state index is -1.02. The Morgan fingerprint density at radius 3 is 2.62 bits per heavy atom. The number of hydrogen-bond donors (Lipinski definition) is 2. The van der Waals surface area contributed by atoms with E-state index in [9.17, 15) is 9.50 Å². The number of aliphatic hydroxyl groups excluding tert-OH is 1. The van der Waals surface area contributed by atoms with Gasteiger partial charge in [-0.15, -0.1) is 0 Å². The average molecular weight is 285 g/mol. The summed E-state index contributed by atoms with van der Waals surface area (Å²) in [6, 6.07) is 13.1. The van der Waals surface area contributed by atoms with Crippen molar-refractivity contribution in [2.75, 3.05) is 4.90 Å². The van der Waals surface area contributed by atoms with Gasteiger partial charge in [0.15, 0.2) is 6.23 Å². The van der Waals surface area contributed by atoms with Crippen molar-refractivity contribution in [1.29, 1.82) is 0 Å². The van der Waals surface area contributed by atoms with Gasteiger partial charge in [-0.05, 0) is 37.3 Å². The Morgan fingerprint density at radius 1 is 1.24 bits per heavy atom. The Morgan fingerprint density at radius 2 is 1.95 bits per heavy atom. The van der Waals surface area contributed by atoms with Gasteiger partial charge in [0.2, 0.25) is 0 Å². The number of aliphatic hydroxyl groups is 1. The van der Waals surface area contributed by atoms with Crippen LogP contribution in [-0.4, -0.2) is 17.0 Å². The van der Waals surface area contributed by atoms with E-state index in [2.05, 4.69) is 4.99 Å². The number of nitrogens with zero attached hydrogens (tertiary/aromatic N) is 2. The lowest BCUT2D eigenvalue weighted by Gasteiger charge is -2.36. The van der Waals surface area contributed by atoms with Gasteiger partial charge in [0.05, 0.1) is 11.7 Å². The van der Waals surface area contributed by atoms with Crippen LogP contribution in [0.4, 0.5) is 15.8 Å². The fourth-order valence-electron chi connectivity index (χ4n) is 2.46. The molecule has 0 saturated carbocycles. The maximum Gasteiger partial charge on any atom is 0.160 e. The number of hydrogen-bond acceptors (Lipinski definition) is 4. The van der Waals surface area contributed by atoms with Crippen molar-refractivity contribution in [3.05, 3.63) is 59.9 Å². The molecule has 0 radical (unpaired) electrons. The Kier molecular flexibility index (Phi) is 3.45. The van der Waals surface area contributed by atoms with E-state index in [0.29, 0.717) is 17.1 Å². The lowest BCUT2D eigenvalue weighted by Crippen LogP contribution is -2.46. The Bertz CT molecular complexity index is 685. The molecule has 2 aromatic rings. The number of aliphatic imine (C=N–C) groups is 1. The molecule has 21 heavy (non-hydrogen) atoms. The van der Waals surface area contributed by atoms with Crippen LogP contribution in [0.3, 0.4) is 0 Å². The third-order valence-electron chi connectivity index (χ3n) is 3.44. The molecule has 3 rings (SSSR count). The fraction of sp³-hybridized carbons (Fsp3) is 0.188. The maximum absolute atomic E-state index is 13.5. The Hall–Kier alpha value is -2.24. The number of nitrogens with two attached hydrogens (primary N) is 1. The standard InChI is InChI=1S/C16H16FN3O/c1-10(18)15-19-14-8-7-11(17)9-13(14)16(21)20(15)12-5-3-2-4-6-12/h2-10,16,21H,18H2,1H3/t10-,16?/m0/s1. The van der Waals surface area contributed by atoms with Crippen molar-refractivity contribution in [3.8, 4) is 0 Å². The molecule has 0 aliphatic carbocycles. The van der Waals surface area contributed by atoms with E-state index in [-0.39, 0.29) is 6.04 Å². The molecule has 1 aliphatic heterocycles. The van der Waals surface area contributed by atoms with Crippen LogP contribution < -0.4 is 10.6 Å². The summed E-state index contributed by atoms with van der Waals surface area (Å²) in [6.07, 6.45) is -1.02. The zero-order chi connectivity index (χ0) is 15.0. The molecule has 3 N–H and O–H groups in total. The molecule has 5 heteroatoms. The zero-order valence-electron chi connectivity index (χ0n) is 11.6. The molecule has 0 spiro atoms. The normalized spacial score (nSPS) is 19.0. The van der Waals surface area contributed by atoms with Gasteiger partial charge in [-0.3, -0.25) is 4.90 Å². The largest absolute Gasteiger partial charge is 0.369 e. The van der Waals surface area contributed by atoms with Crippen molar-refractivity contribution >= 4 is 17.2 Å². The van der Waals surface area contributed by atoms with Gasteiger partial charge >= 0.3 is 0 Å². The van der Waals surface area contributed by atoms with Crippen LogP contribution in [0.5, 0.6) is 0 Å². The lowest BCUT2D eigenvalue weighted by molar-refractivity contribution is 0.185. The second-order valence-corrected chi connectivity index (χ2v) is 5.04. The summed E-state index contributed by atoms with van der Waals surface area (Å²) in [7, 11) is 0. The summed E-state index contributed by atoms with van der Waals surface area (Å²) in [5, 5.41) is 10.6. The molecule has 0 aromatic heterocycles. The molecule has 108 valence electrons. The monoisotopic (exact) mass is 285 g/mol. The lowest BCUT2D eigenvalue weighted by atomic mass is 10.1. The van der Waals surface area contributed by atoms with Gasteiger partial charge in [0.1, 0.15) is 11.7 Å². The number of rotatable bonds is 2. The summed E-state index contributed by atoms with van der Waals surface area (Å²) in [5.41, 5.74) is 7.73. The number of fused-ring (bicyclic) bond motifs is 1. The minimum Gasteiger partial charge on any atom is -0.369 e. The molecule has 0 fully saturated rings. The van der Waals surface area contributed by atoms with E-state index in [1.165, 1.54) is 12.1 Å². The molecule has 1 heterocycles. The third kappa shape index (κ3) is 2.41. The van der Waals surface area contributed by atoms with Crippen LogP contribution in [0.2, 0.25) is 0 Å². The highest BCUT2D eigenvalue weighted by Crippen LogP contribution is 2.37. The van der Waals surface area contributed by atoms with E-state index >= 15 is 0 Å². The summed E-state index contributed by atoms with van der Waals surface area (Å²) >= 11 is 0. The van der Waals surface area contributed by atoms with Crippen LogP contribution in [-0.2, 0) is 0 Å². The number of benzene rings is 2. The van der Waals surface area contributed by atoms with Crippen LogP contribution in [0, 0.1) is 5.82 Å². The van der Waals surface area contributed by atoms with Crippen LogP contribution in [0.1, 0.15) is 18.7 Å². The first-order valence-corrected chi connectivity index (χ1v) is 6.74. The smallest absolute Gasteiger partial charge is 0.160 e. The SMILES string of the molecule is C[C@H](N)C1=Nc2ccc(F)cc2C(O)N1c1ccccc1. The molecule has 2 atom stereocenters.